The predicted octanol–water partition coefficient (Wildman–Crippen LogP) is 1.51. The molecule has 3 aromatic rings. The zero-order chi connectivity index (χ0) is 18.6. The van der Waals surface area contributed by atoms with Crippen LogP contribution in [0.2, 0.25) is 0 Å². The molecule has 0 N–H and O–H groups in total. The number of ether oxygens (including phenoxy) is 2. The number of carbonyl (C=O) groups excluding carboxylic acids is 1. The molecule has 27 heavy (non-hydrogen) atoms. The first-order valence-electron chi connectivity index (χ1n) is 8.82. The van der Waals surface area contributed by atoms with E-state index in [0.717, 1.165) is 17.1 Å². The Balaban J connectivity index is 1.42. The molecule has 1 aliphatic heterocycles. The van der Waals surface area contributed by atoms with Gasteiger partial charge in [0.1, 0.15) is 11.6 Å². The van der Waals surface area contributed by atoms with Gasteiger partial charge in [0.15, 0.2) is 6.61 Å². The summed E-state index contributed by atoms with van der Waals surface area (Å²) < 4.78 is 14.6. The Morgan fingerprint density at radius 1 is 1.22 bits per heavy atom. The third-order valence-electron chi connectivity index (χ3n) is 4.45. The number of nitrogens with zero attached hydrogens (tertiary/aromatic N) is 5. The summed E-state index contributed by atoms with van der Waals surface area (Å²) >= 11 is 0. The summed E-state index contributed by atoms with van der Waals surface area (Å²) in [5.74, 6) is 1.45. The number of morpholine rings is 1. The molecule has 0 radical (unpaired) electrons. The second-order valence-electron chi connectivity index (χ2n) is 6.30. The average Bonchev–Trinajstić information content (AvgIpc) is 3.36. The maximum atomic E-state index is 12.2. The second kappa shape index (κ2) is 7.63. The summed E-state index contributed by atoms with van der Waals surface area (Å²) in [6.45, 7) is 2.45. The normalized spacial score (nSPS) is 14.3. The summed E-state index contributed by atoms with van der Waals surface area (Å²) in [5, 5.41) is 4.21. The van der Waals surface area contributed by atoms with E-state index in [0.29, 0.717) is 32.1 Å². The number of aromatic nitrogens is 4. The van der Waals surface area contributed by atoms with Crippen LogP contribution in [0.15, 0.2) is 49.1 Å². The van der Waals surface area contributed by atoms with Gasteiger partial charge in [0, 0.05) is 44.3 Å². The minimum Gasteiger partial charge on any atom is -0.484 e. The minimum atomic E-state index is -0.0190. The number of imidazole rings is 1. The van der Waals surface area contributed by atoms with E-state index in [-0.39, 0.29) is 12.5 Å². The van der Waals surface area contributed by atoms with Crippen LogP contribution in [-0.4, -0.2) is 63.0 Å². The molecule has 8 heteroatoms. The van der Waals surface area contributed by atoms with Crippen LogP contribution < -0.4 is 4.74 Å². The lowest BCUT2D eigenvalue weighted by molar-refractivity contribution is -0.137. The highest BCUT2D eigenvalue weighted by Crippen LogP contribution is 2.23. The van der Waals surface area contributed by atoms with Gasteiger partial charge in [0.25, 0.3) is 5.91 Å². The molecule has 0 aliphatic carbocycles. The molecule has 2 aromatic heterocycles. The highest BCUT2D eigenvalue weighted by atomic mass is 16.5. The van der Waals surface area contributed by atoms with Crippen molar-refractivity contribution in [2.75, 3.05) is 32.9 Å². The maximum absolute atomic E-state index is 12.2. The highest BCUT2D eigenvalue weighted by Gasteiger charge is 2.17. The molecule has 0 bridgehead atoms. The number of rotatable bonds is 5. The van der Waals surface area contributed by atoms with Gasteiger partial charge in [-0.2, -0.15) is 5.10 Å². The predicted molar refractivity (Wildman–Crippen MR) is 98.7 cm³/mol. The Hall–Kier alpha value is -3.13. The average molecular weight is 367 g/mol. The van der Waals surface area contributed by atoms with Crippen molar-refractivity contribution < 1.29 is 14.3 Å². The molecule has 0 saturated carbocycles. The van der Waals surface area contributed by atoms with Gasteiger partial charge in [0.2, 0.25) is 0 Å². The van der Waals surface area contributed by atoms with Gasteiger partial charge in [0.05, 0.1) is 25.1 Å². The van der Waals surface area contributed by atoms with E-state index in [9.17, 15) is 4.79 Å². The van der Waals surface area contributed by atoms with Crippen LogP contribution in [0, 0.1) is 0 Å². The standard InChI is InChI=1S/C19H21N5O3/c1-22-13-16(12-21-22)24-7-6-20-19(24)15-2-4-17(5-3-15)27-14-18(25)23-8-10-26-11-9-23/h2-7,12-13H,8-11,14H2,1H3. The van der Waals surface area contributed by atoms with Gasteiger partial charge in [-0.25, -0.2) is 4.98 Å². The number of carbonyl (C=O) groups is 1. The minimum absolute atomic E-state index is 0.0190. The Kier molecular flexibility index (Phi) is 4.88. The first-order chi connectivity index (χ1) is 13.2. The van der Waals surface area contributed by atoms with Crippen LogP contribution >= 0.6 is 0 Å². The number of benzene rings is 1. The first kappa shape index (κ1) is 17.3. The number of hydrogen-bond donors (Lipinski definition) is 0. The van der Waals surface area contributed by atoms with E-state index in [2.05, 4.69) is 10.1 Å². The second-order valence-corrected chi connectivity index (χ2v) is 6.30. The molecule has 1 aromatic carbocycles. The smallest absolute Gasteiger partial charge is 0.260 e. The van der Waals surface area contributed by atoms with Crippen LogP contribution in [0.3, 0.4) is 0 Å². The van der Waals surface area contributed by atoms with E-state index < -0.39 is 0 Å². The Labute approximate surface area is 156 Å². The van der Waals surface area contributed by atoms with Crippen LogP contribution in [0.5, 0.6) is 5.75 Å². The summed E-state index contributed by atoms with van der Waals surface area (Å²) in [7, 11) is 1.88. The molecule has 0 atom stereocenters. The molecule has 1 fully saturated rings. The summed E-state index contributed by atoms with van der Waals surface area (Å²) in [6, 6.07) is 7.57. The lowest BCUT2D eigenvalue weighted by Crippen LogP contribution is -2.42. The van der Waals surface area contributed by atoms with E-state index in [1.807, 2.05) is 48.3 Å². The van der Waals surface area contributed by atoms with Crippen molar-refractivity contribution in [2.45, 2.75) is 0 Å². The number of hydrogen-bond acceptors (Lipinski definition) is 5. The molecule has 0 spiro atoms. The SMILES string of the molecule is Cn1cc(-n2ccnc2-c2ccc(OCC(=O)N3CCOCC3)cc2)cn1. The van der Waals surface area contributed by atoms with Crippen molar-refractivity contribution in [3.05, 3.63) is 49.1 Å². The van der Waals surface area contributed by atoms with E-state index in [1.54, 1.807) is 22.0 Å². The number of amides is 1. The molecule has 1 amide bonds. The maximum Gasteiger partial charge on any atom is 0.260 e. The van der Waals surface area contributed by atoms with Crippen LogP contribution in [0.1, 0.15) is 0 Å². The molecule has 4 rings (SSSR count). The van der Waals surface area contributed by atoms with Gasteiger partial charge in [-0.05, 0) is 24.3 Å². The molecule has 140 valence electrons. The third kappa shape index (κ3) is 3.85. The highest BCUT2D eigenvalue weighted by molar-refractivity contribution is 5.77. The molecular formula is C19H21N5O3. The lowest BCUT2D eigenvalue weighted by atomic mass is 10.2. The molecular weight excluding hydrogens is 346 g/mol. The Morgan fingerprint density at radius 3 is 2.70 bits per heavy atom. The van der Waals surface area contributed by atoms with Crippen molar-refractivity contribution in [1.29, 1.82) is 0 Å². The molecule has 3 heterocycles. The summed E-state index contributed by atoms with van der Waals surface area (Å²) in [5.41, 5.74) is 1.90. The molecule has 1 saturated heterocycles. The van der Waals surface area contributed by atoms with Crippen LogP contribution in [-0.2, 0) is 16.6 Å². The van der Waals surface area contributed by atoms with E-state index in [1.165, 1.54) is 0 Å². The summed E-state index contributed by atoms with van der Waals surface area (Å²) in [4.78, 5) is 18.4. The van der Waals surface area contributed by atoms with E-state index >= 15 is 0 Å². The van der Waals surface area contributed by atoms with Crippen molar-refractivity contribution in [3.8, 4) is 22.8 Å². The fraction of sp³-hybridized carbons (Fsp3) is 0.316. The van der Waals surface area contributed by atoms with Crippen molar-refractivity contribution in [2.24, 2.45) is 7.05 Å². The molecule has 8 nitrogen and oxygen atoms in total. The van der Waals surface area contributed by atoms with Gasteiger partial charge in [-0.15, -0.1) is 0 Å². The van der Waals surface area contributed by atoms with Gasteiger partial charge in [-0.1, -0.05) is 0 Å². The zero-order valence-electron chi connectivity index (χ0n) is 15.1. The van der Waals surface area contributed by atoms with Gasteiger partial charge in [-0.3, -0.25) is 14.0 Å². The number of aryl methyl sites for hydroxylation is 1. The fourth-order valence-electron chi connectivity index (χ4n) is 3.01. The Morgan fingerprint density at radius 2 is 2.00 bits per heavy atom. The van der Waals surface area contributed by atoms with E-state index in [4.69, 9.17) is 9.47 Å². The van der Waals surface area contributed by atoms with Crippen LogP contribution in [0.4, 0.5) is 0 Å². The summed E-state index contributed by atoms with van der Waals surface area (Å²) in [6.07, 6.45) is 7.38. The Bertz CT molecular complexity index is 910. The largest absolute Gasteiger partial charge is 0.484 e. The van der Waals surface area contributed by atoms with Crippen LogP contribution in [0.25, 0.3) is 17.1 Å². The lowest BCUT2D eigenvalue weighted by Gasteiger charge is -2.26. The topological polar surface area (TPSA) is 74.4 Å². The first-order valence-corrected chi connectivity index (χ1v) is 8.82. The monoisotopic (exact) mass is 367 g/mol. The molecule has 1 aliphatic rings. The fourth-order valence-corrected chi connectivity index (χ4v) is 3.01. The van der Waals surface area contributed by atoms with Crippen molar-refractivity contribution in [1.82, 2.24) is 24.2 Å². The van der Waals surface area contributed by atoms with Crippen molar-refractivity contribution >= 4 is 5.91 Å². The zero-order valence-corrected chi connectivity index (χ0v) is 15.1. The van der Waals surface area contributed by atoms with Gasteiger partial charge >= 0.3 is 0 Å². The molecule has 0 unspecified atom stereocenters. The quantitative estimate of drug-likeness (QED) is 0.683. The third-order valence-corrected chi connectivity index (χ3v) is 4.45. The van der Waals surface area contributed by atoms with Crippen molar-refractivity contribution in [3.63, 3.8) is 0 Å². The van der Waals surface area contributed by atoms with Gasteiger partial charge < -0.3 is 14.4 Å².